The summed E-state index contributed by atoms with van der Waals surface area (Å²) in [5.41, 5.74) is 3.78. The Kier molecular flexibility index (Phi) is 5.90. The molecule has 6 nitrogen and oxygen atoms in total. The number of hydrogen-bond donors (Lipinski definition) is 3. The van der Waals surface area contributed by atoms with Crippen LogP contribution in [0, 0.1) is 6.92 Å². The van der Waals surface area contributed by atoms with Crippen LogP contribution < -0.4 is 15.5 Å². The molecule has 3 aromatic rings. The number of aryl methyl sites for hydroxylation is 1. The predicted octanol–water partition coefficient (Wildman–Crippen LogP) is 3.51. The molecular formula is C22H27ClN6. The molecule has 152 valence electrons. The smallest absolute Gasteiger partial charge is 0.191 e. The maximum absolute atomic E-state index is 6.29. The van der Waals surface area contributed by atoms with Crippen LogP contribution in [0.1, 0.15) is 17.5 Å². The Morgan fingerprint density at radius 2 is 2.28 bits per heavy atom. The van der Waals surface area contributed by atoms with Gasteiger partial charge in [0, 0.05) is 56.0 Å². The normalized spacial score (nSPS) is 17.1. The zero-order valence-electron chi connectivity index (χ0n) is 16.9. The summed E-state index contributed by atoms with van der Waals surface area (Å²) >= 11 is 6.29. The number of rotatable bonds is 5. The van der Waals surface area contributed by atoms with Crippen molar-refractivity contribution in [2.75, 3.05) is 31.6 Å². The molecule has 2 aromatic heterocycles. The Morgan fingerprint density at radius 3 is 3.10 bits per heavy atom. The number of hydrogen-bond acceptors (Lipinski definition) is 3. The zero-order valence-corrected chi connectivity index (χ0v) is 17.6. The molecule has 3 N–H and O–H groups in total. The number of aromatic amines is 1. The van der Waals surface area contributed by atoms with Gasteiger partial charge in [-0.3, -0.25) is 4.99 Å². The first-order valence-corrected chi connectivity index (χ1v) is 10.4. The van der Waals surface area contributed by atoms with Gasteiger partial charge in [-0.2, -0.15) is 0 Å². The lowest BCUT2D eigenvalue weighted by molar-refractivity contribution is 0.648. The van der Waals surface area contributed by atoms with Crippen LogP contribution in [0.5, 0.6) is 0 Å². The lowest BCUT2D eigenvalue weighted by Gasteiger charge is -2.20. The maximum atomic E-state index is 6.29. The zero-order chi connectivity index (χ0) is 20.2. The van der Waals surface area contributed by atoms with Gasteiger partial charge in [0.1, 0.15) is 5.82 Å². The van der Waals surface area contributed by atoms with Gasteiger partial charge in [0.15, 0.2) is 5.96 Å². The van der Waals surface area contributed by atoms with Crippen molar-refractivity contribution in [3.05, 3.63) is 58.9 Å². The van der Waals surface area contributed by atoms with E-state index in [9.17, 15) is 0 Å². The highest BCUT2D eigenvalue weighted by molar-refractivity contribution is 6.32. The van der Waals surface area contributed by atoms with Gasteiger partial charge in [-0.25, -0.2) is 4.98 Å². The van der Waals surface area contributed by atoms with Crippen molar-refractivity contribution in [3.63, 3.8) is 0 Å². The van der Waals surface area contributed by atoms with Crippen LogP contribution in [0.4, 0.5) is 5.82 Å². The maximum Gasteiger partial charge on any atom is 0.191 e. The van der Waals surface area contributed by atoms with E-state index in [0.717, 1.165) is 44.3 Å². The number of benzene rings is 1. The fourth-order valence-corrected chi connectivity index (χ4v) is 4.13. The van der Waals surface area contributed by atoms with E-state index in [-0.39, 0.29) is 0 Å². The van der Waals surface area contributed by atoms with E-state index in [1.165, 1.54) is 22.0 Å². The predicted molar refractivity (Wildman–Crippen MR) is 121 cm³/mol. The summed E-state index contributed by atoms with van der Waals surface area (Å²) in [5.74, 6) is 1.69. The molecule has 4 rings (SSSR count). The van der Waals surface area contributed by atoms with E-state index >= 15 is 0 Å². The lowest BCUT2D eigenvalue weighted by atomic mass is 10.1. The van der Waals surface area contributed by atoms with Gasteiger partial charge in [-0.15, -0.1) is 0 Å². The standard InChI is InChI=1S/C22H27ClN6/c1-15-5-6-18-16(13-27-20(18)12-15)7-10-26-22(24-2)28-17-8-11-29(14-17)21-19(23)4-3-9-25-21/h3-6,9,12-13,17,27H,7-8,10-11,14H2,1-2H3,(H2,24,26,28). The second-order valence-corrected chi connectivity index (χ2v) is 7.90. The Morgan fingerprint density at radius 1 is 1.38 bits per heavy atom. The molecule has 1 aromatic carbocycles. The van der Waals surface area contributed by atoms with E-state index in [1.54, 1.807) is 6.20 Å². The third kappa shape index (κ3) is 4.48. The van der Waals surface area contributed by atoms with Crippen LogP contribution >= 0.6 is 11.6 Å². The summed E-state index contributed by atoms with van der Waals surface area (Å²) < 4.78 is 0. The molecule has 1 aliphatic heterocycles. The first-order valence-electron chi connectivity index (χ1n) is 10.0. The van der Waals surface area contributed by atoms with Crippen molar-refractivity contribution < 1.29 is 0 Å². The summed E-state index contributed by atoms with van der Waals surface area (Å²) in [6.07, 6.45) is 5.85. The fourth-order valence-electron chi connectivity index (χ4n) is 3.89. The highest BCUT2D eigenvalue weighted by atomic mass is 35.5. The third-order valence-corrected chi connectivity index (χ3v) is 5.70. The van der Waals surface area contributed by atoms with Gasteiger partial charge in [-0.05, 0) is 49.1 Å². The van der Waals surface area contributed by atoms with E-state index in [4.69, 9.17) is 11.6 Å². The van der Waals surface area contributed by atoms with Crippen molar-refractivity contribution in [2.24, 2.45) is 4.99 Å². The molecule has 29 heavy (non-hydrogen) atoms. The number of fused-ring (bicyclic) bond motifs is 1. The van der Waals surface area contributed by atoms with Gasteiger partial charge in [0.05, 0.1) is 5.02 Å². The molecule has 0 bridgehead atoms. The van der Waals surface area contributed by atoms with Crippen molar-refractivity contribution in [2.45, 2.75) is 25.8 Å². The van der Waals surface area contributed by atoms with E-state index < -0.39 is 0 Å². The van der Waals surface area contributed by atoms with Crippen LogP contribution in [0.3, 0.4) is 0 Å². The number of anilines is 1. The Labute approximate surface area is 176 Å². The first-order chi connectivity index (χ1) is 14.1. The first kappa shape index (κ1) is 19.6. The number of aliphatic imine (C=N–C) groups is 1. The van der Waals surface area contributed by atoms with Crippen LogP contribution in [-0.2, 0) is 6.42 Å². The molecule has 1 atom stereocenters. The van der Waals surface area contributed by atoms with Crippen LogP contribution in [0.25, 0.3) is 10.9 Å². The summed E-state index contributed by atoms with van der Waals surface area (Å²) in [5, 5.41) is 8.96. The minimum atomic E-state index is 0.315. The molecule has 3 heterocycles. The minimum absolute atomic E-state index is 0.315. The summed E-state index contributed by atoms with van der Waals surface area (Å²) in [6.45, 7) is 4.73. The number of nitrogens with zero attached hydrogens (tertiary/aromatic N) is 3. The monoisotopic (exact) mass is 410 g/mol. The number of guanidine groups is 1. The highest BCUT2D eigenvalue weighted by Gasteiger charge is 2.25. The molecule has 0 saturated carbocycles. The number of aromatic nitrogens is 2. The van der Waals surface area contributed by atoms with Crippen LogP contribution in [0.2, 0.25) is 5.02 Å². The molecule has 0 radical (unpaired) electrons. The Balaban J connectivity index is 1.29. The van der Waals surface area contributed by atoms with Gasteiger partial charge in [-0.1, -0.05) is 23.7 Å². The quantitative estimate of drug-likeness (QED) is 0.444. The molecular weight excluding hydrogens is 384 g/mol. The Hall–Kier alpha value is -2.73. The third-order valence-electron chi connectivity index (χ3n) is 5.40. The SMILES string of the molecule is CN=C(NCCc1c[nH]c2cc(C)ccc12)NC1CCN(c2ncccc2Cl)C1. The number of H-pyrrole nitrogens is 1. The fraction of sp³-hybridized carbons (Fsp3) is 0.364. The van der Waals surface area contributed by atoms with Crippen molar-refractivity contribution >= 4 is 34.3 Å². The van der Waals surface area contributed by atoms with E-state index in [0.29, 0.717) is 11.1 Å². The van der Waals surface area contributed by atoms with Crippen molar-refractivity contribution in [1.29, 1.82) is 0 Å². The second kappa shape index (κ2) is 8.74. The van der Waals surface area contributed by atoms with Crippen molar-refractivity contribution in [3.8, 4) is 0 Å². The molecule has 7 heteroatoms. The molecule has 0 amide bonds. The van der Waals surface area contributed by atoms with Crippen LogP contribution in [-0.4, -0.2) is 48.7 Å². The average Bonchev–Trinajstić information content (AvgIpc) is 3.34. The highest BCUT2D eigenvalue weighted by Crippen LogP contribution is 2.25. The average molecular weight is 411 g/mol. The van der Waals surface area contributed by atoms with E-state index in [1.807, 2.05) is 19.2 Å². The summed E-state index contributed by atoms with van der Waals surface area (Å²) in [6, 6.07) is 10.6. The van der Waals surface area contributed by atoms with Crippen molar-refractivity contribution in [1.82, 2.24) is 20.6 Å². The second-order valence-electron chi connectivity index (χ2n) is 7.50. The molecule has 0 aliphatic carbocycles. The topological polar surface area (TPSA) is 68.3 Å². The molecule has 1 fully saturated rings. The summed E-state index contributed by atoms with van der Waals surface area (Å²) in [7, 11) is 1.81. The number of pyridine rings is 1. The van der Waals surface area contributed by atoms with Gasteiger partial charge in [0.2, 0.25) is 0 Å². The lowest BCUT2D eigenvalue weighted by Crippen LogP contribution is -2.45. The number of nitrogens with one attached hydrogen (secondary N) is 3. The molecule has 1 aliphatic rings. The minimum Gasteiger partial charge on any atom is -0.361 e. The Bertz CT molecular complexity index is 1010. The molecule has 1 unspecified atom stereocenters. The molecule has 0 spiro atoms. The van der Waals surface area contributed by atoms with Gasteiger partial charge >= 0.3 is 0 Å². The van der Waals surface area contributed by atoms with Gasteiger partial charge in [0.25, 0.3) is 0 Å². The molecule has 1 saturated heterocycles. The largest absolute Gasteiger partial charge is 0.361 e. The van der Waals surface area contributed by atoms with Gasteiger partial charge < -0.3 is 20.5 Å². The number of halogens is 1. The van der Waals surface area contributed by atoms with Crippen LogP contribution in [0.15, 0.2) is 47.7 Å². The van der Waals surface area contributed by atoms with E-state index in [2.05, 4.69) is 61.8 Å². The summed E-state index contributed by atoms with van der Waals surface area (Å²) in [4.78, 5) is 14.4.